The quantitative estimate of drug-likeness (QED) is 0.778. The van der Waals surface area contributed by atoms with Crippen LogP contribution < -0.4 is 11.1 Å². The number of nitrogens with two attached hydrogens (primary N) is 1. The predicted octanol–water partition coefficient (Wildman–Crippen LogP) is 0.902. The van der Waals surface area contributed by atoms with Crippen molar-refractivity contribution in [2.45, 2.75) is 25.9 Å². The lowest BCUT2D eigenvalue weighted by molar-refractivity contribution is 0.120. The molecular weight excluding hydrogens is 192 g/mol. The van der Waals surface area contributed by atoms with Crippen LogP contribution in [0.3, 0.4) is 0 Å². The number of anilines is 2. The molecule has 0 radical (unpaired) electrons. The largest absolute Gasteiger partial charge is 0.394 e. The van der Waals surface area contributed by atoms with Crippen molar-refractivity contribution in [1.29, 1.82) is 0 Å². The Morgan fingerprint density at radius 2 is 2.47 bits per heavy atom. The second kappa shape index (κ2) is 4.10. The molecule has 1 aliphatic rings. The molecule has 2 rings (SSSR count). The maximum Gasteiger partial charge on any atom is 0.147 e. The molecule has 0 spiro atoms. The summed E-state index contributed by atoms with van der Waals surface area (Å²) in [6.45, 7) is 3.60. The average molecular weight is 210 g/mol. The van der Waals surface area contributed by atoms with Crippen LogP contribution in [0.1, 0.15) is 18.5 Å². The molecule has 5 heteroatoms. The first-order chi connectivity index (χ1) is 7.18. The van der Waals surface area contributed by atoms with E-state index in [1.54, 1.807) is 4.68 Å². The van der Waals surface area contributed by atoms with Gasteiger partial charge in [0, 0.05) is 20.2 Å². The molecule has 1 fully saturated rings. The van der Waals surface area contributed by atoms with Crippen molar-refractivity contribution in [1.82, 2.24) is 9.78 Å². The SMILES string of the molecule is Cc1nn(C)c(NCC2CCCO2)c1N. The minimum absolute atomic E-state index is 0.319. The van der Waals surface area contributed by atoms with Crippen LogP contribution in [-0.2, 0) is 11.8 Å². The first-order valence-electron chi connectivity index (χ1n) is 5.33. The molecular formula is C10H18N4O. The Balaban J connectivity index is 1.97. The van der Waals surface area contributed by atoms with Gasteiger partial charge in [-0.25, -0.2) is 0 Å². The number of aryl methyl sites for hydroxylation is 2. The van der Waals surface area contributed by atoms with Crippen molar-refractivity contribution in [3.8, 4) is 0 Å². The summed E-state index contributed by atoms with van der Waals surface area (Å²) in [4.78, 5) is 0. The normalized spacial score (nSPS) is 20.8. The highest BCUT2D eigenvalue weighted by atomic mass is 16.5. The minimum atomic E-state index is 0.319. The molecule has 84 valence electrons. The number of nitrogen functional groups attached to an aromatic ring is 1. The second-order valence-corrected chi connectivity index (χ2v) is 3.99. The van der Waals surface area contributed by atoms with Crippen molar-refractivity contribution in [2.75, 3.05) is 24.2 Å². The fourth-order valence-electron chi connectivity index (χ4n) is 1.90. The van der Waals surface area contributed by atoms with Gasteiger partial charge in [0.1, 0.15) is 5.82 Å². The van der Waals surface area contributed by atoms with Crippen LogP contribution in [0, 0.1) is 6.92 Å². The lowest BCUT2D eigenvalue weighted by Crippen LogP contribution is -2.20. The molecule has 1 saturated heterocycles. The third-order valence-electron chi connectivity index (χ3n) is 2.79. The molecule has 0 aromatic carbocycles. The van der Waals surface area contributed by atoms with Crippen LogP contribution in [0.5, 0.6) is 0 Å². The highest BCUT2D eigenvalue weighted by Crippen LogP contribution is 2.21. The van der Waals surface area contributed by atoms with Crippen molar-refractivity contribution < 1.29 is 4.74 Å². The molecule has 1 aromatic heterocycles. The molecule has 3 N–H and O–H groups in total. The number of aromatic nitrogens is 2. The minimum Gasteiger partial charge on any atom is -0.394 e. The van der Waals surface area contributed by atoms with E-state index in [2.05, 4.69) is 10.4 Å². The summed E-state index contributed by atoms with van der Waals surface area (Å²) >= 11 is 0. The van der Waals surface area contributed by atoms with Gasteiger partial charge >= 0.3 is 0 Å². The number of ether oxygens (including phenoxy) is 1. The topological polar surface area (TPSA) is 65.1 Å². The summed E-state index contributed by atoms with van der Waals surface area (Å²) in [6, 6.07) is 0. The van der Waals surface area contributed by atoms with Gasteiger partial charge in [-0.3, -0.25) is 4.68 Å². The highest BCUT2D eigenvalue weighted by Gasteiger charge is 2.17. The lowest BCUT2D eigenvalue weighted by atomic mass is 10.2. The van der Waals surface area contributed by atoms with E-state index in [0.717, 1.165) is 43.2 Å². The Hall–Kier alpha value is -1.23. The Bertz CT molecular complexity index is 341. The van der Waals surface area contributed by atoms with Crippen LogP contribution in [0.15, 0.2) is 0 Å². The standard InChI is InChI=1S/C10H18N4O/c1-7-9(11)10(14(2)13-7)12-6-8-4-3-5-15-8/h8,12H,3-6,11H2,1-2H3. The van der Waals surface area contributed by atoms with Gasteiger partial charge in [0.2, 0.25) is 0 Å². The van der Waals surface area contributed by atoms with Gasteiger partial charge in [-0.2, -0.15) is 5.10 Å². The zero-order valence-corrected chi connectivity index (χ0v) is 9.29. The van der Waals surface area contributed by atoms with Gasteiger partial charge in [-0.05, 0) is 19.8 Å². The smallest absolute Gasteiger partial charge is 0.147 e. The van der Waals surface area contributed by atoms with Crippen LogP contribution in [0.4, 0.5) is 11.5 Å². The van der Waals surface area contributed by atoms with Gasteiger partial charge in [0.05, 0.1) is 17.5 Å². The molecule has 0 aliphatic carbocycles. The van der Waals surface area contributed by atoms with Crippen molar-refractivity contribution in [2.24, 2.45) is 7.05 Å². The number of nitrogens with zero attached hydrogens (tertiary/aromatic N) is 2. The summed E-state index contributed by atoms with van der Waals surface area (Å²) in [5, 5.41) is 7.54. The molecule has 0 amide bonds. The van der Waals surface area contributed by atoms with Gasteiger partial charge in [-0.15, -0.1) is 0 Å². The van der Waals surface area contributed by atoms with Crippen LogP contribution in [0.25, 0.3) is 0 Å². The Morgan fingerprint density at radius 1 is 1.67 bits per heavy atom. The number of hydrogen-bond donors (Lipinski definition) is 2. The summed E-state index contributed by atoms with van der Waals surface area (Å²) in [5.74, 6) is 0.892. The molecule has 0 saturated carbocycles. The summed E-state index contributed by atoms with van der Waals surface area (Å²) in [6.07, 6.45) is 2.61. The maximum absolute atomic E-state index is 5.90. The number of rotatable bonds is 3. The predicted molar refractivity (Wildman–Crippen MR) is 59.8 cm³/mol. The lowest BCUT2D eigenvalue weighted by Gasteiger charge is -2.12. The number of hydrogen-bond acceptors (Lipinski definition) is 4. The highest BCUT2D eigenvalue weighted by molar-refractivity contribution is 5.64. The van der Waals surface area contributed by atoms with Crippen LogP contribution >= 0.6 is 0 Å². The molecule has 1 atom stereocenters. The maximum atomic E-state index is 5.90. The molecule has 2 heterocycles. The first-order valence-corrected chi connectivity index (χ1v) is 5.33. The molecule has 1 unspecified atom stereocenters. The molecule has 1 aliphatic heterocycles. The van der Waals surface area contributed by atoms with Gasteiger partial charge in [-0.1, -0.05) is 0 Å². The fourth-order valence-corrected chi connectivity index (χ4v) is 1.90. The fraction of sp³-hybridized carbons (Fsp3) is 0.700. The first kappa shape index (κ1) is 10.3. The van der Waals surface area contributed by atoms with E-state index < -0.39 is 0 Å². The zero-order chi connectivity index (χ0) is 10.8. The summed E-state index contributed by atoms with van der Waals surface area (Å²) < 4.78 is 7.31. The van der Waals surface area contributed by atoms with Crippen LogP contribution in [0.2, 0.25) is 0 Å². The molecule has 0 bridgehead atoms. The van der Waals surface area contributed by atoms with Crippen molar-refractivity contribution >= 4 is 11.5 Å². The third kappa shape index (κ3) is 2.07. The Morgan fingerprint density at radius 3 is 3.00 bits per heavy atom. The van der Waals surface area contributed by atoms with E-state index in [9.17, 15) is 0 Å². The Labute approximate surface area is 89.6 Å². The summed E-state index contributed by atoms with van der Waals surface area (Å²) in [7, 11) is 1.89. The summed E-state index contributed by atoms with van der Waals surface area (Å²) in [5.41, 5.74) is 7.50. The average Bonchev–Trinajstić information content (AvgIpc) is 2.76. The molecule has 15 heavy (non-hydrogen) atoms. The van der Waals surface area contributed by atoms with E-state index in [4.69, 9.17) is 10.5 Å². The van der Waals surface area contributed by atoms with Gasteiger partial charge in [0.25, 0.3) is 0 Å². The zero-order valence-electron chi connectivity index (χ0n) is 9.29. The second-order valence-electron chi connectivity index (χ2n) is 3.99. The van der Waals surface area contributed by atoms with E-state index in [1.807, 2.05) is 14.0 Å². The van der Waals surface area contributed by atoms with Crippen molar-refractivity contribution in [3.63, 3.8) is 0 Å². The monoisotopic (exact) mass is 210 g/mol. The Kier molecular flexibility index (Phi) is 2.81. The molecule has 5 nitrogen and oxygen atoms in total. The third-order valence-corrected chi connectivity index (χ3v) is 2.79. The van der Waals surface area contributed by atoms with E-state index in [0.29, 0.717) is 6.10 Å². The van der Waals surface area contributed by atoms with E-state index in [1.165, 1.54) is 0 Å². The molecule has 1 aromatic rings. The van der Waals surface area contributed by atoms with Crippen molar-refractivity contribution in [3.05, 3.63) is 5.69 Å². The van der Waals surface area contributed by atoms with E-state index in [-0.39, 0.29) is 0 Å². The van der Waals surface area contributed by atoms with E-state index >= 15 is 0 Å². The number of nitrogens with one attached hydrogen (secondary N) is 1. The van der Waals surface area contributed by atoms with Crippen LogP contribution in [-0.4, -0.2) is 29.0 Å². The van der Waals surface area contributed by atoms with Gasteiger partial charge < -0.3 is 15.8 Å². The van der Waals surface area contributed by atoms with Gasteiger partial charge in [0.15, 0.2) is 0 Å².